The van der Waals surface area contributed by atoms with E-state index in [0.29, 0.717) is 22.9 Å². The first-order valence-electron chi connectivity index (χ1n) is 8.27. The molecule has 0 radical (unpaired) electrons. The van der Waals surface area contributed by atoms with Crippen LogP contribution in [0.15, 0.2) is 42.5 Å². The minimum atomic E-state index is -3.53. The maximum absolute atomic E-state index is 12.3. The average Bonchev–Trinajstić information content (AvgIpc) is 2.61. The molecule has 0 bridgehead atoms. The van der Waals surface area contributed by atoms with Crippen LogP contribution in [-0.2, 0) is 19.6 Å². The highest BCUT2D eigenvalue weighted by molar-refractivity contribution is 7.92. The van der Waals surface area contributed by atoms with E-state index in [2.05, 4.69) is 15.4 Å². The molecule has 3 N–H and O–H groups in total. The maximum atomic E-state index is 12.3. The van der Waals surface area contributed by atoms with Crippen molar-refractivity contribution < 1.29 is 27.5 Å². The summed E-state index contributed by atoms with van der Waals surface area (Å²) >= 11 is 0. The third-order valence-corrected chi connectivity index (χ3v) is 4.45. The van der Waals surface area contributed by atoms with Crippen molar-refractivity contribution in [2.45, 2.75) is 12.5 Å². The average molecular weight is 405 g/mol. The number of amides is 2. The molecule has 0 unspecified atom stereocenters. The van der Waals surface area contributed by atoms with Gasteiger partial charge in [0.2, 0.25) is 15.9 Å². The van der Waals surface area contributed by atoms with Gasteiger partial charge in [-0.15, -0.1) is 0 Å². The molecule has 0 aliphatic carbocycles. The first kappa shape index (κ1) is 19.5. The number of sulfonamides is 1. The quantitative estimate of drug-likeness (QED) is 0.673. The molecule has 1 aliphatic rings. The zero-order chi connectivity index (χ0) is 20.3. The van der Waals surface area contributed by atoms with Crippen molar-refractivity contribution >= 4 is 38.9 Å². The summed E-state index contributed by atoms with van der Waals surface area (Å²) in [4.78, 5) is 24.5. The summed E-state index contributed by atoms with van der Waals surface area (Å²) in [6.45, 7) is 0. The molecule has 28 heavy (non-hydrogen) atoms. The summed E-state index contributed by atoms with van der Waals surface area (Å²) in [5.74, 6) is -0.0861. The Morgan fingerprint density at radius 1 is 1.25 bits per heavy atom. The molecule has 2 aromatic rings. The molecule has 9 nitrogen and oxygen atoms in total. The smallest absolute Gasteiger partial charge is 0.266 e. The Bertz CT molecular complexity index is 1020. The normalized spacial score (nSPS) is 15.6. The number of para-hydroxylation sites is 2. The van der Waals surface area contributed by atoms with Crippen LogP contribution in [0.4, 0.5) is 17.1 Å². The van der Waals surface area contributed by atoms with Crippen LogP contribution in [0, 0.1) is 0 Å². The van der Waals surface area contributed by atoms with Crippen molar-refractivity contribution in [2.75, 3.05) is 28.7 Å². The Kier molecular flexibility index (Phi) is 5.41. The maximum Gasteiger partial charge on any atom is 0.266 e. The number of rotatable bonds is 6. The number of hydrogen-bond donors (Lipinski definition) is 3. The second kappa shape index (κ2) is 7.77. The van der Waals surface area contributed by atoms with Crippen molar-refractivity contribution in [3.8, 4) is 11.5 Å². The summed E-state index contributed by atoms with van der Waals surface area (Å²) in [7, 11) is -2.13. The number of hydrogen-bond acceptors (Lipinski definition) is 6. The fourth-order valence-electron chi connectivity index (χ4n) is 2.67. The van der Waals surface area contributed by atoms with Crippen LogP contribution < -0.4 is 24.8 Å². The lowest BCUT2D eigenvalue weighted by Gasteiger charge is -2.25. The van der Waals surface area contributed by atoms with E-state index in [1.165, 1.54) is 19.2 Å². The van der Waals surface area contributed by atoms with Crippen LogP contribution in [0.5, 0.6) is 11.5 Å². The first-order chi connectivity index (χ1) is 13.2. The molecule has 1 atom stereocenters. The number of anilines is 3. The molecule has 0 fully saturated rings. The lowest BCUT2D eigenvalue weighted by atomic mass is 10.1. The molecular formula is C18H19N3O6S. The second-order valence-corrected chi connectivity index (χ2v) is 7.88. The highest BCUT2D eigenvalue weighted by Gasteiger charge is 2.29. The SMILES string of the molecule is COc1ccc(NC(=O)C[C@@H]2Oc3ccccc3NC2=O)cc1NS(C)(=O)=O. The van der Waals surface area contributed by atoms with Gasteiger partial charge in [0.15, 0.2) is 6.10 Å². The summed E-state index contributed by atoms with van der Waals surface area (Å²) in [5, 5.41) is 5.31. The Morgan fingerprint density at radius 2 is 2.00 bits per heavy atom. The Balaban J connectivity index is 1.70. The number of benzene rings is 2. The molecule has 2 amide bonds. The minimum absolute atomic E-state index is 0.184. The van der Waals surface area contributed by atoms with E-state index in [4.69, 9.17) is 9.47 Å². The molecule has 148 valence electrons. The van der Waals surface area contributed by atoms with Crippen LogP contribution in [-0.4, -0.2) is 39.7 Å². The van der Waals surface area contributed by atoms with Crippen LogP contribution in [0.25, 0.3) is 0 Å². The lowest BCUT2D eigenvalue weighted by Crippen LogP contribution is -2.39. The van der Waals surface area contributed by atoms with E-state index in [1.807, 2.05) is 0 Å². The predicted octanol–water partition coefficient (Wildman–Crippen LogP) is 1.79. The van der Waals surface area contributed by atoms with Crippen LogP contribution in [0.3, 0.4) is 0 Å². The van der Waals surface area contributed by atoms with Crippen molar-refractivity contribution in [3.05, 3.63) is 42.5 Å². The molecule has 3 rings (SSSR count). The molecule has 0 saturated carbocycles. The van der Waals surface area contributed by atoms with Gasteiger partial charge in [0.1, 0.15) is 11.5 Å². The van der Waals surface area contributed by atoms with Gasteiger partial charge in [0.05, 0.1) is 31.2 Å². The zero-order valence-corrected chi connectivity index (χ0v) is 16.0. The van der Waals surface area contributed by atoms with E-state index in [-0.39, 0.29) is 12.1 Å². The summed E-state index contributed by atoms with van der Waals surface area (Å²) in [5.41, 5.74) is 1.08. The third kappa shape index (κ3) is 4.71. The van der Waals surface area contributed by atoms with E-state index in [1.54, 1.807) is 30.3 Å². The molecule has 10 heteroatoms. The Morgan fingerprint density at radius 3 is 2.71 bits per heavy atom. The number of fused-ring (bicyclic) bond motifs is 1. The molecule has 2 aromatic carbocycles. The molecule has 0 saturated heterocycles. The van der Waals surface area contributed by atoms with Gasteiger partial charge in [0.25, 0.3) is 5.91 Å². The first-order valence-corrected chi connectivity index (χ1v) is 10.2. The second-order valence-electron chi connectivity index (χ2n) is 6.13. The van der Waals surface area contributed by atoms with Gasteiger partial charge in [0, 0.05) is 5.69 Å². The Hall–Kier alpha value is -3.27. The number of carbonyl (C=O) groups excluding carboxylic acids is 2. The van der Waals surface area contributed by atoms with Gasteiger partial charge >= 0.3 is 0 Å². The number of methoxy groups -OCH3 is 1. The largest absolute Gasteiger partial charge is 0.495 e. The molecular weight excluding hydrogens is 386 g/mol. The fraction of sp³-hybridized carbons (Fsp3) is 0.222. The standard InChI is InChI=1S/C18H19N3O6S/c1-26-14-8-7-11(9-13(14)21-28(2,24)25)19-17(22)10-16-18(23)20-12-5-3-4-6-15(12)27-16/h3-9,16,21H,10H2,1-2H3,(H,19,22)(H,20,23)/t16-/m0/s1. The summed E-state index contributed by atoms with van der Waals surface area (Å²) in [6.07, 6.45) is -0.169. The molecule has 0 aromatic heterocycles. The van der Waals surface area contributed by atoms with Gasteiger partial charge in [-0.3, -0.25) is 14.3 Å². The van der Waals surface area contributed by atoms with E-state index in [0.717, 1.165) is 6.26 Å². The van der Waals surface area contributed by atoms with Gasteiger partial charge in [-0.1, -0.05) is 12.1 Å². The lowest BCUT2D eigenvalue weighted by molar-refractivity contribution is -0.128. The zero-order valence-electron chi connectivity index (χ0n) is 15.2. The topological polar surface area (TPSA) is 123 Å². The van der Waals surface area contributed by atoms with Crippen molar-refractivity contribution in [1.82, 2.24) is 0 Å². The van der Waals surface area contributed by atoms with Crippen molar-refractivity contribution in [2.24, 2.45) is 0 Å². The summed E-state index contributed by atoms with van der Waals surface area (Å²) in [6, 6.07) is 11.4. The fourth-order valence-corrected chi connectivity index (χ4v) is 3.23. The van der Waals surface area contributed by atoms with Crippen LogP contribution >= 0.6 is 0 Å². The molecule has 0 spiro atoms. The Labute approximate surface area is 162 Å². The van der Waals surface area contributed by atoms with Crippen molar-refractivity contribution in [1.29, 1.82) is 0 Å². The minimum Gasteiger partial charge on any atom is -0.495 e. The predicted molar refractivity (Wildman–Crippen MR) is 104 cm³/mol. The van der Waals surface area contributed by atoms with Gasteiger partial charge < -0.3 is 20.1 Å². The van der Waals surface area contributed by atoms with E-state index in [9.17, 15) is 18.0 Å². The number of carbonyl (C=O) groups is 2. The highest BCUT2D eigenvalue weighted by Crippen LogP contribution is 2.31. The van der Waals surface area contributed by atoms with Crippen LogP contribution in [0.2, 0.25) is 0 Å². The third-order valence-electron chi connectivity index (χ3n) is 3.86. The van der Waals surface area contributed by atoms with Crippen LogP contribution in [0.1, 0.15) is 6.42 Å². The van der Waals surface area contributed by atoms with E-state index < -0.39 is 27.9 Å². The number of ether oxygens (including phenoxy) is 2. The van der Waals surface area contributed by atoms with Crippen molar-refractivity contribution in [3.63, 3.8) is 0 Å². The van der Waals surface area contributed by atoms with Gasteiger partial charge in [-0.2, -0.15) is 0 Å². The highest BCUT2D eigenvalue weighted by atomic mass is 32.2. The molecule has 1 heterocycles. The van der Waals surface area contributed by atoms with E-state index >= 15 is 0 Å². The molecule has 1 aliphatic heterocycles. The number of nitrogens with one attached hydrogen (secondary N) is 3. The van der Waals surface area contributed by atoms with Gasteiger partial charge in [-0.05, 0) is 30.3 Å². The monoisotopic (exact) mass is 405 g/mol. The van der Waals surface area contributed by atoms with Gasteiger partial charge in [-0.25, -0.2) is 8.42 Å². The summed E-state index contributed by atoms with van der Waals surface area (Å²) < 4.78 is 36.0.